The van der Waals surface area contributed by atoms with Gasteiger partial charge in [-0.1, -0.05) is 18.2 Å². The van der Waals surface area contributed by atoms with E-state index < -0.39 is 0 Å². The second-order valence-corrected chi connectivity index (χ2v) is 5.83. The summed E-state index contributed by atoms with van der Waals surface area (Å²) < 4.78 is 5.50. The van der Waals surface area contributed by atoms with Crippen molar-refractivity contribution in [2.45, 2.75) is 39.2 Å². The summed E-state index contributed by atoms with van der Waals surface area (Å²) in [6.45, 7) is 8.43. The molecule has 0 aliphatic carbocycles. The van der Waals surface area contributed by atoms with Crippen LogP contribution < -0.4 is 10.1 Å². The Kier molecular flexibility index (Phi) is 4.07. The van der Waals surface area contributed by atoms with Crippen molar-refractivity contribution >= 4 is 6.08 Å². The fourth-order valence-electron chi connectivity index (χ4n) is 2.06. The Hall–Kier alpha value is -1.28. The lowest BCUT2D eigenvalue weighted by Crippen LogP contribution is -2.36. The molecule has 98 valence electrons. The van der Waals surface area contributed by atoms with Crippen molar-refractivity contribution in [3.05, 3.63) is 35.4 Å². The van der Waals surface area contributed by atoms with E-state index in [0.717, 1.165) is 31.7 Å². The van der Waals surface area contributed by atoms with Crippen molar-refractivity contribution in [2.75, 3.05) is 13.2 Å². The van der Waals surface area contributed by atoms with Crippen molar-refractivity contribution in [1.82, 2.24) is 5.32 Å². The van der Waals surface area contributed by atoms with Gasteiger partial charge >= 0.3 is 0 Å². The van der Waals surface area contributed by atoms with Gasteiger partial charge < -0.3 is 10.1 Å². The molecule has 2 heteroatoms. The second-order valence-electron chi connectivity index (χ2n) is 5.83. The zero-order valence-corrected chi connectivity index (χ0v) is 11.6. The first-order valence-corrected chi connectivity index (χ1v) is 6.72. The van der Waals surface area contributed by atoms with Gasteiger partial charge in [0.05, 0.1) is 6.61 Å². The van der Waals surface area contributed by atoms with E-state index in [4.69, 9.17) is 4.74 Å². The third-order valence-electron chi connectivity index (χ3n) is 2.99. The molecule has 0 aromatic heterocycles. The Morgan fingerprint density at radius 1 is 1.33 bits per heavy atom. The molecule has 2 rings (SSSR count). The molecule has 0 atom stereocenters. The van der Waals surface area contributed by atoms with E-state index in [9.17, 15) is 0 Å². The molecule has 1 aliphatic heterocycles. The molecule has 0 unspecified atom stereocenters. The average Bonchev–Trinajstić information content (AvgIpc) is 2.74. The van der Waals surface area contributed by atoms with E-state index in [1.807, 2.05) is 0 Å². The maximum absolute atomic E-state index is 5.50. The van der Waals surface area contributed by atoms with Crippen LogP contribution in [-0.2, 0) is 6.42 Å². The summed E-state index contributed by atoms with van der Waals surface area (Å²) in [6.07, 6.45) is 6.53. The van der Waals surface area contributed by atoms with Crippen molar-refractivity contribution in [2.24, 2.45) is 0 Å². The van der Waals surface area contributed by atoms with Crippen molar-refractivity contribution in [3.8, 4) is 5.75 Å². The Morgan fingerprint density at radius 3 is 2.94 bits per heavy atom. The van der Waals surface area contributed by atoms with Gasteiger partial charge in [-0.3, -0.25) is 0 Å². The second kappa shape index (κ2) is 5.57. The average molecular weight is 245 g/mol. The maximum atomic E-state index is 5.50. The molecule has 18 heavy (non-hydrogen) atoms. The summed E-state index contributed by atoms with van der Waals surface area (Å²) in [5.41, 5.74) is 2.82. The minimum absolute atomic E-state index is 0.207. The molecular formula is C16H23NO. The van der Waals surface area contributed by atoms with Crippen LogP contribution in [0.2, 0.25) is 0 Å². The van der Waals surface area contributed by atoms with E-state index in [-0.39, 0.29) is 5.54 Å². The number of benzene rings is 1. The van der Waals surface area contributed by atoms with Gasteiger partial charge in [0.2, 0.25) is 0 Å². The zero-order valence-electron chi connectivity index (χ0n) is 11.6. The molecule has 2 nitrogen and oxygen atoms in total. The fraction of sp³-hybridized carbons (Fsp3) is 0.500. The molecule has 0 fully saturated rings. The third-order valence-corrected chi connectivity index (χ3v) is 2.99. The number of fused-ring (bicyclic) bond motifs is 1. The van der Waals surface area contributed by atoms with E-state index in [1.165, 1.54) is 11.1 Å². The number of nitrogens with one attached hydrogen (secondary N) is 1. The SMILES string of the molecule is CC(C)(C)NCC/C=C/c1ccc2c(c1)CCO2. The van der Waals surface area contributed by atoms with E-state index in [1.54, 1.807) is 0 Å². The molecule has 0 saturated heterocycles. The summed E-state index contributed by atoms with van der Waals surface area (Å²) in [5, 5.41) is 3.48. The lowest BCUT2D eigenvalue weighted by atomic mass is 10.1. The molecule has 0 radical (unpaired) electrons. The van der Waals surface area contributed by atoms with Crippen LogP contribution in [0.5, 0.6) is 5.75 Å². The minimum Gasteiger partial charge on any atom is -0.493 e. The van der Waals surface area contributed by atoms with Gasteiger partial charge in [0.1, 0.15) is 5.75 Å². The smallest absolute Gasteiger partial charge is 0.122 e. The molecule has 0 spiro atoms. The molecule has 1 heterocycles. The van der Waals surface area contributed by atoms with Crippen molar-refractivity contribution in [3.63, 3.8) is 0 Å². The molecule has 0 amide bonds. The first-order chi connectivity index (χ1) is 8.54. The largest absolute Gasteiger partial charge is 0.493 e. The minimum atomic E-state index is 0.207. The Labute approximate surface area is 110 Å². The van der Waals surface area contributed by atoms with Crippen LogP contribution in [0, 0.1) is 0 Å². The van der Waals surface area contributed by atoms with Crippen LogP contribution in [-0.4, -0.2) is 18.7 Å². The zero-order chi connectivity index (χ0) is 13.0. The van der Waals surface area contributed by atoms with Gasteiger partial charge in [-0.25, -0.2) is 0 Å². The van der Waals surface area contributed by atoms with Crippen LogP contribution in [0.15, 0.2) is 24.3 Å². The standard InChI is InChI=1S/C16H23NO/c1-16(2,3)17-10-5-4-6-13-7-8-15-14(12-13)9-11-18-15/h4,6-8,12,17H,5,9-11H2,1-3H3/b6-4+. The summed E-state index contributed by atoms with van der Waals surface area (Å²) >= 11 is 0. The summed E-state index contributed by atoms with van der Waals surface area (Å²) in [4.78, 5) is 0. The lowest BCUT2D eigenvalue weighted by molar-refractivity contribution is 0.357. The predicted molar refractivity (Wildman–Crippen MR) is 77.0 cm³/mol. The van der Waals surface area contributed by atoms with Crippen molar-refractivity contribution < 1.29 is 4.74 Å². The van der Waals surface area contributed by atoms with Crippen LogP contribution in [0.25, 0.3) is 6.08 Å². The highest BCUT2D eigenvalue weighted by molar-refractivity contribution is 5.54. The first-order valence-electron chi connectivity index (χ1n) is 6.72. The summed E-state index contributed by atoms with van der Waals surface area (Å²) in [6, 6.07) is 6.43. The van der Waals surface area contributed by atoms with E-state index in [0.29, 0.717) is 0 Å². The van der Waals surface area contributed by atoms with Crippen LogP contribution in [0.4, 0.5) is 0 Å². The number of rotatable bonds is 4. The Morgan fingerprint density at radius 2 is 2.17 bits per heavy atom. The lowest BCUT2D eigenvalue weighted by Gasteiger charge is -2.19. The molecule has 0 saturated carbocycles. The quantitative estimate of drug-likeness (QED) is 0.821. The fourth-order valence-corrected chi connectivity index (χ4v) is 2.06. The van der Waals surface area contributed by atoms with Gasteiger partial charge in [0.15, 0.2) is 0 Å². The number of hydrogen-bond donors (Lipinski definition) is 1. The normalized spacial score (nSPS) is 14.8. The number of hydrogen-bond acceptors (Lipinski definition) is 2. The van der Waals surface area contributed by atoms with Gasteiger partial charge in [0.25, 0.3) is 0 Å². The van der Waals surface area contributed by atoms with Crippen LogP contribution in [0.3, 0.4) is 0 Å². The predicted octanol–water partition coefficient (Wildman–Crippen LogP) is 3.41. The van der Waals surface area contributed by atoms with Crippen LogP contribution in [0.1, 0.15) is 38.3 Å². The highest BCUT2D eigenvalue weighted by Crippen LogP contribution is 2.26. The molecule has 1 aliphatic rings. The summed E-state index contributed by atoms with van der Waals surface area (Å²) in [7, 11) is 0. The molecule has 1 N–H and O–H groups in total. The molecule has 1 aromatic carbocycles. The monoisotopic (exact) mass is 245 g/mol. The van der Waals surface area contributed by atoms with Gasteiger partial charge in [-0.2, -0.15) is 0 Å². The third kappa shape index (κ3) is 3.88. The highest BCUT2D eigenvalue weighted by Gasteiger charge is 2.10. The van der Waals surface area contributed by atoms with E-state index in [2.05, 4.69) is 56.4 Å². The molecular weight excluding hydrogens is 222 g/mol. The Balaban J connectivity index is 1.82. The van der Waals surface area contributed by atoms with Crippen LogP contribution >= 0.6 is 0 Å². The molecule has 0 bridgehead atoms. The van der Waals surface area contributed by atoms with E-state index >= 15 is 0 Å². The first kappa shape index (κ1) is 13.2. The van der Waals surface area contributed by atoms with Crippen molar-refractivity contribution in [1.29, 1.82) is 0 Å². The van der Waals surface area contributed by atoms with Gasteiger partial charge in [-0.15, -0.1) is 0 Å². The van der Waals surface area contributed by atoms with Gasteiger partial charge in [0, 0.05) is 12.0 Å². The highest BCUT2D eigenvalue weighted by atomic mass is 16.5. The summed E-state index contributed by atoms with van der Waals surface area (Å²) in [5.74, 6) is 1.06. The maximum Gasteiger partial charge on any atom is 0.122 e. The number of ether oxygens (including phenoxy) is 1. The Bertz CT molecular complexity index is 429. The molecule has 1 aromatic rings. The topological polar surface area (TPSA) is 21.3 Å². The van der Waals surface area contributed by atoms with Gasteiger partial charge in [-0.05, 0) is 57.0 Å².